The van der Waals surface area contributed by atoms with Gasteiger partial charge in [-0.15, -0.1) is 0 Å². The first-order valence-corrected chi connectivity index (χ1v) is 9.26. The van der Waals surface area contributed by atoms with Crippen LogP contribution in [-0.4, -0.2) is 35.8 Å². The Balaban J connectivity index is 1.90. The zero-order chi connectivity index (χ0) is 20.3. The Labute approximate surface area is 170 Å². The van der Waals surface area contributed by atoms with Crippen LogP contribution in [0.4, 0.5) is 5.69 Å². The minimum Gasteiger partial charge on any atom is -0.497 e. The smallest absolute Gasteiger partial charge is 0.259 e. The number of hydrogen-bond acceptors (Lipinski definition) is 4. The van der Waals surface area contributed by atoms with E-state index in [-0.39, 0.29) is 11.8 Å². The Bertz CT molecular complexity index is 1030. The van der Waals surface area contributed by atoms with Crippen molar-refractivity contribution < 1.29 is 14.3 Å². The van der Waals surface area contributed by atoms with Gasteiger partial charge in [0.25, 0.3) is 11.8 Å². The second-order valence-electron chi connectivity index (χ2n) is 5.98. The zero-order valence-electron chi connectivity index (χ0n) is 15.6. The van der Waals surface area contributed by atoms with Crippen molar-refractivity contribution in [1.29, 1.82) is 0 Å². The van der Waals surface area contributed by atoms with E-state index in [0.717, 1.165) is 10.2 Å². The van der Waals surface area contributed by atoms with Crippen LogP contribution < -0.4 is 15.4 Å². The molecule has 8 heteroatoms. The van der Waals surface area contributed by atoms with E-state index in [9.17, 15) is 9.59 Å². The van der Waals surface area contributed by atoms with Crippen LogP contribution in [-0.2, 0) is 0 Å². The number of halogens is 1. The number of amides is 2. The number of ether oxygens (including phenoxy) is 1. The highest BCUT2D eigenvalue weighted by molar-refractivity contribution is 9.10. The number of carbonyl (C=O) groups excluding carboxylic acids is 2. The Morgan fingerprint density at radius 3 is 2.43 bits per heavy atom. The van der Waals surface area contributed by atoms with Gasteiger partial charge < -0.3 is 15.4 Å². The third kappa shape index (κ3) is 3.91. The highest BCUT2D eigenvalue weighted by atomic mass is 79.9. The van der Waals surface area contributed by atoms with Crippen molar-refractivity contribution in [3.05, 3.63) is 70.0 Å². The fourth-order valence-electron chi connectivity index (χ4n) is 2.75. The summed E-state index contributed by atoms with van der Waals surface area (Å²) in [6.45, 7) is 1.82. The number of carbonyl (C=O) groups is 2. The Hall–Kier alpha value is -3.13. The first kappa shape index (κ1) is 19.6. The standard InChI is InChI=1S/C20H19BrN4O3/c1-12-17(11-23-25(12)14-6-4-13(21)5-7-14)20(27)24-18-9-8-15(28-3)10-16(18)19(26)22-2/h4-11H,1-3H3,(H,22,26)(H,24,27). The van der Waals surface area contributed by atoms with E-state index in [1.807, 2.05) is 31.2 Å². The first-order chi connectivity index (χ1) is 13.4. The molecule has 0 aliphatic heterocycles. The molecule has 7 nitrogen and oxygen atoms in total. The van der Waals surface area contributed by atoms with Crippen LogP contribution in [0.1, 0.15) is 26.4 Å². The van der Waals surface area contributed by atoms with Gasteiger partial charge in [0.05, 0.1) is 41.5 Å². The van der Waals surface area contributed by atoms with Gasteiger partial charge in [-0.2, -0.15) is 5.10 Å². The van der Waals surface area contributed by atoms with E-state index in [2.05, 4.69) is 31.7 Å². The van der Waals surface area contributed by atoms with Crippen LogP contribution in [0.15, 0.2) is 53.1 Å². The zero-order valence-corrected chi connectivity index (χ0v) is 17.2. The van der Waals surface area contributed by atoms with Crippen molar-refractivity contribution in [2.24, 2.45) is 0 Å². The second-order valence-corrected chi connectivity index (χ2v) is 6.89. The van der Waals surface area contributed by atoms with Crippen LogP contribution in [0.3, 0.4) is 0 Å². The van der Waals surface area contributed by atoms with E-state index in [0.29, 0.717) is 28.3 Å². The lowest BCUT2D eigenvalue weighted by molar-refractivity contribution is 0.0963. The molecule has 0 fully saturated rings. The number of nitrogens with zero attached hydrogens (tertiary/aromatic N) is 2. The molecular weight excluding hydrogens is 424 g/mol. The summed E-state index contributed by atoms with van der Waals surface area (Å²) in [7, 11) is 3.04. The molecule has 0 bridgehead atoms. The summed E-state index contributed by atoms with van der Waals surface area (Å²) >= 11 is 3.40. The molecule has 3 aromatic rings. The van der Waals surface area contributed by atoms with E-state index in [1.165, 1.54) is 20.4 Å². The van der Waals surface area contributed by atoms with Crippen LogP contribution in [0.5, 0.6) is 5.75 Å². The molecule has 0 saturated carbocycles. The third-order valence-corrected chi connectivity index (χ3v) is 4.80. The number of benzene rings is 2. The molecule has 0 spiro atoms. The van der Waals surface area contributed by atoms with Crippen LogP contribution in [0.25, 0.3) is 5.69 Å². The molecule has 3 rings (SSSR count). The lowest BCUT2D eigenvalue weighted by atomic mass is 10.1. The normalized spacial score (nSPS) is 10.4. The minimum atomic E-state index is -0.351. The molecular formula is C20H19BrN4O3. The summed E-state index contributed by atoms with van der Waals surface area (Å²) in [6.07, 6.45) is 1.51. The number of aromatic nitrogens is 2. The van der Waals surface area contributed by atoms with Gasteiger partial charge in [-0.3, -0.25) is 9.59 Å². The molecule has 0 radical (unpaired) electrons. The van der Waals surface area contributed by atoms with Gasteiger partial charge in [0.2, 0.25) is 0 Å². The van der Waals surface area contributed by atoms with Gasteiger partial charge in [0.1, 0.15) is 5.75 Å². The number of anilines is 1. The Morgan fingerprint density at radius 1 is 1.07 bits per heavy atom. The van der Waals surface area contributed by atoms with Crippen molar-refractivity contribution in [3.63, 3.8) is 0 Å². The van der Waals surface area contributed by atoms with Crippen LogP contribution in [0.2, 0.25) is 0 Å². The maximum absolute atomic E-state index is 12.8. The summed E-state index contributed by atoms with van der Waals surface area (Å²) < 4.78 is 7.81. The van der Waals surface area contributed by atoms with E-state index < -0.39 is 0 Å². The molecule has 0 unspecified atom stereocenters. The number of methoxy groups -OCH3 is 1. The van der Waals surface area contributed by atoms with Crippen LogP contribution >= 0.6 is 15.9 Å². The molecule has 144 valence electrons. The molecule has 0 saturated heterocycles. The predicted octanol–water partition coefficient (Wildman–Crippen LogP) is 3.56. The van der Waals surface area contributed by atoms with E-state index in [1.54, 1.807) is 22.9 Å². The third-order valence-electron chi connectivity index (χ3n) is 4.27. The fraction of sp³-hybridized carbons (Fsp3) is 0.150. The molecule has 28 heavy (non-hydrogen) atoms. The van der Waals surface area contributed by atoms with Gasteiger partial charge in [-0.05, 0) is 49.4 Å². The average molecular weight is 443 g/mol. The molecule has 0 aliphatic rings. The summed E-state index contributed by atoms with van der Waals surface area (Å²) in [4.78, 5) is 25.0. The molecule has 0 aliphatic carbocycles. The SMILES string of the molecule is CNC(=O)c1cc(OC)ccc1NC(=O)c1cnn(-c2ccc(Br)cc2)c1C. The maximum Gasteiger partial charge on any atom is 0.259 e. The molecule has 2 amide bonds. The van der Waals surface area contributed by atoms with Crippen molar-refractivity contribution in [3.8, 4) is 11.4 Å². The summed E-state index contributed by atoms with van der Waals surface area (Å²) in [5, 5.41) is 9.67. The van der Waals surface area contributed by atoms with Crippen molar-refractivity contribution >= 4 is 33.4 Å². The maximum atomic E-state index is 12.8. The summed E-state index contributed by atoms with van der Waals surface area (Å²) in [5.74, 6) is -0.150. The fourth-order valence-corrected chi connectivity index (χ4v) is 3.01. The van der Waals surface area contributed by atoms with E-state index >= 15 is 0 Å². The Kier molecular flexibility index (Phi) is 5.79. The number of nitrogens with one attached hydrogen (secondary N) is 2. The largest absolute Gasteiger partial charge is 0.497 e. The van der Waals surface area contributed by atoms with Gasteiger partial charge in [0.15, 0.2) is 0 Å². The Morgan fingerprint density at radius 2 is 1.79 bits per heavy atom. The van der Waals surface area contributed by atoms with Crippen LogP contribution in [0, 0.1) is 6.92 Å². The monoisotopic (exact) mass is 442 g/mol. The molecule has 1 heterocycles. The molecule has 1 aromatic heterocycles. The van der Waals surface area contributed by atoms with Crippen molar-refractivity contribution in [1.82, 2.24) is 15.1 Å². The highest BCUT2D eigenvalue weighted by Crippen LogP contribution is 2.24. The number of rotatable bonds is 5. The van der Waals surface area contributed by atoms with Gasteiger partial charge in [-0.1, -0.05) is 15.9 Å². The van der Waals surface area contributed by atoms with E-state index in [4.69, 9.17) is 4.74 Å². The molecule has 0 atom stereocenters. The summed E-state index contributed by atoms with van der Waals surface area (Å²) in [5.41, 5.74) is 2.65. The molecule has 2 aromatic carbocycles. The average Bonchev–Trinajstić information content (AvgIpc) is 3.09. The minimum absolute atomic E-state index is 0.313. The highest BCUT2D eigenvalue weighted by Gasteiger charge is 2.19. The lowest BCUT2D eigenvalue weighted by Gasteiger charge is -2.12. The lowest BCUT2D eigenvalue weighted by Crippen LogP contribution is -2.22. The molecule has 2 N–H and O–H groups in total. The topological polar surface area (TPSA) is 85.2 Å². The van der Waals surface area contributed by atoms with Crippen molar-refractivity contribution in [2.45, 2.75) is 6.92 Å². The van der Waals surface area contributed by atoms with Crippen molar-refractivity contribution in [2.75, 3.05) is 19.5 Å². The number of hydrogen-bond donors (Lipinski definition) is 2. The van der Waals surface area contributed by atoms with Gasteiger partial charge in [0, 0.05) is 11.5 Å². The summed E-state index contributed by atoms with van der Waals surface area (Å²) in [6, 6.07) is 12.5. The van der Waals surface area contributed by atoms with Gasteiger partial charge in [-0.25, -0.2) is 4.68 Å². The second kappa shape index (κ2) is 8.26. The van der Waals surface area contributed by atoms with Gasteiger partial charge >= 0.3 is 0 Å². The quantitative estimate of drug-likeness (QED) is 0.632. The first-order valence-electron chi connectivity index (χ1n) is 8.46. The predicted molar refractivity (Wildman–Crippen MR) is 110 cm³/mol.